The summed E-state index contributed by atoms with van der Waals surface area (Å²) in [4.78, 5) is 0. The second-order valence-electron chi connectivity index (χ2n) is 4.63. The van der Waals surface area contributed by atoms with Crippen molar-refractivity contribution in [1.29, 1.82) is 0 Å². The van der Waals surface area contributed by atoms with Crippen LogP contribution < -0.4 is 5.73 Å². The van der Waals surface area contributed by atoms with Crippen LogP contribution >= 0.6 is 0 Å². The van der Waals surface area contributed by atoms with Gasteiger partial charge in [0.2, 0.25) is 0 Å². The van der Waals surface area contributed by atoms with Crippen molar-refractivity contribution in [2.45, 2.75) is 32.6 Å². The third-order valence-electron chi connectivity index (χ3n) is 2.77. The maximum absolute atomic E-state index is 5.72. The number of fused-ring (bicyclic) bond motifs is 1. The first-order valence-electron chi connectivity index (χ1n) is 4.72. The highest BCUT2D eigenvalue weighted by molar-refractivity contribution is 5.20. The molecule has 13 heavy (non-hydrogen) atoms. The molecule has 0 bridgehead atoms. The monoisotopic (exact) mass is 180 g/mol. The average molecular weight is 180 g/mol. The fourth-order valence-electron chi connectivity index (χ4n) is 2.20. The zero-order valence-electron chi connectivity index (χ0n) is 8.17. The van der Waals surface area contributed by atoms with Gasteiger partial charge in [0.15, 0.2) is 0 Å². The largest absolute Gasteiger partial charge is 0.330 e. The fourth-order valence-corrected chi connectivity index (χ4v) is 2.20. The smallest absolute Gasteiger partial charge is 0.0900 e. The number of aromatic amines is 1. The molecule has 1 unspecified atom stereocenters. The molecule has 1 heterocycles. The summed E-state index contributed by atoms with van der Waals surface area (Å²) in [6.45, 7) is 5.18. The van der Waals surface area contributed by atoms with Crippen LogP contribution in [0.5, 0.6) is 0 Å². The average Bonchev–Trinajstić information content (AvgIpc) is 2.48. The first-order valence-corrected chi connectivity index (χ1v) is 4.72. The van der Waals surface area contributed by atoms with Crippen molar-refractivity contribution in [2.75, 3.05) is 6.54 Å². The topological polar surface area (TPSA) is 67.6 Å². The second-order valence-corrected chi connectivity index (χ2v) is 4.63. The van der Waals surface area contributed by atoms with Gasteiger partial charge >= 0.3 is 0 Å². The Morgan fingerprint density at radius 1 is 1.54 bits per heavy atom. The lowest BCUT2D eigenvalue weighted by atomic mass is 9.73. The zero-order valence-corrected chi connectivity index (χ0v) is 8.17. The maximum atomic E-state index is 5.72. The van der Waals surface area contributed by atoms with Crippen LogP contribution in [0, 0.1) is 5.41 Å². The predicted molar refractivity (Wildman–Crippen MR) is 50.3 cm³/mol. The van der Waals surface area contributed by atoms with Gasteiger partial charge in [0.25, 0.3) is 0 Å². The van der Waals surface area contributed by atoms with Crippen LogP contribution in [-0.4, -0.2) is 22.0 Å². The van der Waals surface area contributed by atoms with E-state index in [0.717, 1.165) is 24.2 Å². The van der Waals surface area contributed by atoms with Gasteiger partial charge in [-0.15, -0.1) is 0 Å². The SMILES string of the molecule is CC1(C)Cc2n[nH]nc2C(CN)C1. The molecule has 0 radical (unpaired) electrons. The molecule has 0 spiro atoms. The summed E-state index contributed by atoms with van der Waals surface area (Å²) in [6, 6.07) is 0. The third kappa shape index (κ3) is 1.46. The number of H-pyrrole nitrogens is 1. The van der Waals surface area contributed by atoms with Gasteiger partial charge in [0, 0.05) is 12.5 Å². The van der Waals surface area contributed by atoms with E-state index < -0.39 is 0 Å². The Balaban J connectivity index is 2.36. The van der Waals surface area contributed by atoms with Crippen molar-refractivity contribution in [2.24, 2.45) is 11.1 Å². The summed E-state index contributed by atoms with van der Waals surface area (Å²) in [5.74, 6) is 0.387. The molecule has 3 N–H and O–H groups in total. The van der Waals surface area contributed by atoms with E-state index in [9.17, 15) is 0 Å². The lowest BCUT2D eigenvalue weighted by molar-refractivity contribution is 0.277. The van der Waals surface area contributed by atoms with E-state index >= 15 is 0 Å². The summed E-state index contributed by atoms with van der Waals surface area (Å²) < 4.78 is 0. The summed E-state index contributed by atoms with van der Waals surface area (Å²) in [6.07, 6.45) is 2.12. The van der Waals surface area contributed by atoms with Crippen molar-refractivity contribution >= 4 is 0 Å². The van der Waals surface area contributed by atoms with Gasteiger partial charge in [-0.25, -0.2) is 0 Å². The zero-order chi connectivity index (χ0) is 9.47. The minimum atomic E-state index is 0.313. The van der Waals surface area contributed by atoms with E-state index in [1.54, 1.807) is 0 Å². The van der Waals surface area contributed by atoms with E-state index in [1.807, 2.05) is 0 Å². The van der Waals surface area contributed by atoms with E-state index in [4.69, 9.17) is 5.73 Å². The Bertz CT molecular complexity index is 302. The molecule has 1 aliphatic carbocycles. The fraction of sp³-hybridized carbons (Fsp3) is 0.778. The summed E-state index contributed by atoms with van der Waals surface area (Å²) in [5.41, 5.74) is 8.22. The molecular formula is C9H16N4. The predicted octanol–water partition coefficient (Wildman–Crippen LogP) is 0.819. The van der Waals surface area contributed by atoms with Gasteiger partial charge in [0.05, 0.1) is 11.4 Å². The molecule has 0 amide bonds. The summed E-state index contributed by atoms with van der Waals surface area (Å²) in [5, 5.41) is 11.0. The molecule has 0 saturated carbocycles. The van der Waals surface area contributed by atoms with E-state index in [0.29, 0.717) is 17.9 Å². The molecule has 1 aliphatic rings. The molecule has 0 fully saturated rings. The first kappa shape index (κ1) is 8.69. The van der Waals surface area contributed by atoms with Gasteiger partial charge in [-0.3, -0.25) is 0 Å². The second kappa shape index (κ2) is 2.80. The van der Waals surface area contributed by atoms with Crippen LogP contribution in [0.1, 0.15) is 37.6 Å². The summed E-state index contributed by atoms with van der Waals surface area (Å²) >= 11 is 0. The van der Waals surface area contributed by atoms with Crippen LogP contribution in [-0.2, 0) is 6.42 Å². The molecule has 0 aromatic carbocycles. The molecule has 1 aromatic heterocycles. The third-order valence-corrected chi connectivity index (χ3v) is 2.77. The molecule has 0 aliphatic heterocycles. The number of nitrogens with one attached hydrogen (secondary N) is 1. The number of nitrogens with two attached hydrogens (primary N) is 1. The van der Waals surface area contributed by atoms with Gasteiger partial charge < -0.3 is 5.73 Å². The highest BCUT2D eigenvalue weighted by atomic mass is 15.3. The lowest BCUT2D eigenvalue weighted by Crippen LogP contribution is -2.29. The van der Waals surface area contributed by atoms with Gasteiger partial charge in [-0.2, -0.15) is 15.4 Å². The highest BCUT2D eigenvalue weighted by Gasteiger charge is 2.34. The minimum absolute atomic E-state index is 0.313. The molecule has 4 heteroatoms. The lowest BCUT2D eigenvalue weighted by Gasteiger charge is -2.32. The number of rotatable bonds is 1. The highest BCUT2D eigenvalue weighted by Crippen LogP contribution is 2.39. The van der Waals surface area contributed by atoms with Crippen LogP contribution in [0.2, 0.25) is 0 Å². The van der Waals surface area contributed by atoms with Gasteiger partial charge in [0.1, 0.15) is 0 Å². The molecule has 4 nitrogen and oxygen atoms in total. The van der Waals surface area contributed by atoms with E-state index in [2.05, 4.69) is 29.3 Å². The van der Waals surface area contributed by atoms with Crippen LogP contribution in [0.4, 0.5) is 0 Å². The van der Waals surface area contributed by atoms with Crippen LogP contribution in [0.15, 0.2) is 0 Å². The number of hydrogen-bond acceptors (Lipinski definition) is 3. The normalized spacial score (nSPS) is 25.6. The van der Waals surface area contributed by atoms with Crippen molar-refractivity contribution in [1.82, 2.24) is 15.4 Å². The molecule has 0 saturated heterocycles. The van der Waals surface area contributed by atoms with Crippen molar-refractivity contribution < 1.29 is 0 Å². The Morgan fingerprint density at radius 3 is 3.00 bits per heavy atom. The molecule has 72 valence electrons. The molecule has 1 aromatic rings. The Morgan fingerprint density at radius 2 is 2.31 bits per heavy atom. The molecule has 2 rings (SSSR count). The van der Waals surface area contributed by atoms with Gasteiger partial charge in [-0.05, 0) is 18.3 Å². The number of nitrogens with zero attached hydrogens (tertiary/aromatic N) is 2. The maximum Gasteiger partial charge on any atom is 0.0900 e. The van der Waals surface area contributed by atoms with E-state index in [1.165, 1.54) is 0 Å². The van der Waals surface area contributed by atoms with E-state index in [-0.39, 0.29) is 0 Å². The van der Waals surface area contributed by atoms with Crippen molar-refractivity contribution in [3.05, 3.63) is 11.4 Å². The molecule has 1 atom stereocenters. The Labute approximate surface area is 77.9 Å². The van der Waals surface area contributed by atoms with Crippen molar-refractivity contribution in [3.8, 4) is 0 Å². The standard InChI is InChI=1S/C9H16N4/c1-9(2)3-6(5-10)8-7(4-9)11-13-12-8/h6H,3-5,10H2,1-2H3,(H,11,12,13). The molecular weight excluding hydrogens is 164 g/mol. The van der Waals surface area contributed by atoms with Crippen LogP contribution in [0.25, 0.3) is 0 Å². The first-order chi connectivity index (χ1) is 6.12. The number of aromatic nitrogens is 3. The van der Waals surface area contributed by atoms with Crippen LogP contribution in [0.3, 0.4) is 0 Å². The number of hydrogen-bond donors (Lipinski definition) is 2. The Hall–Kier alpha value is -0.900. The van der Waals surface area contributed by atoms with Crippen molar-refractivity contribution in [3.63, 3.8) is 0 Å². The summed E-state index contributed by atoms with van der Waals surface area (Å²) in [7, 11) is 0. The Kier molecular flexibility index (Phi) is 1.87. The van der Waals surface area contributed by atoms with Gasteiger partial charge in [-0.1, -0.05) is 13.8 Å². The minimum Gasteiger partial charge on any atom is -0.330 e. The quantitative estimate of drug-likeness (QED) is 0.672.